The Bertz CT molecular complexity index is 932. The minimum atomic E-state index is -0.520. The number of esters is 1. The molecule has 1 amide bonds. The molecule has 6 nitrogen and oxygen atoms in total. The van der Waals surface area contributed by atoms with Crippen LogP contribution in [0.2, 0.25) is 0 Å². The molecule has 2 heterocycles. The number of hydrogen-bond donors (Lipinski definition) is 1. The van der Waals surface area contributed by atoms with Gasteiger partial charge in [0, 0.05) is 21.1 Å². The SMILES string of the molecule is Cc1noc(C)c1CSc1ccccc1C(=O)OCC(=O)NCc1cccs1. The van der Waals surface area contributed by atoms with Crippen molar-refractivity contribution in [2.45, 2.75) is 31.0 Å². The highest BCUT2D eigenvalue weighted by atomic mass is 32.2. The number of hydrogen-bond acceptors (Lipinski definition) is 7. The summed E-state index contributed by atoms with van der Waals surface area (Å²) in [6, 6.07) is 11.0. The summed E-state index contributed by atoms with van der Waals surface area (Å²) < 4.78 is 10.4. The standard InChI is InChI=1S/C20H20N2O4S2/c1-13-17(14(2)26-22-13)12-28-18-8-4-3-7-16(18)20(24)25-11-19(23)21-10-15-6-5-9-27-15/h3-9H,10-12H2,1-2H3,(H,21,23). The number of rotatable bonds is 8. The fourth-order valence-corrected chi connectivity index (χ4v) is 4.32. The lowest BCUT2D eigenvalue weighted by molar-refractivity contribution is -0.124. The van der Waals surface area contributed by atoms with Gasteiger partial charge >= 0.3 is 5.97 Å². The van der Waals surface area contributed by atoms with Crippen LogP contribution in [0, 0.1) is 13.8 Å². The van der Waals surface area contributed by atoms with Crippen LogP contribution in [-0.2, 0) is 21.8 Å². The number of aromatic nitrogens is 1. The molecule has 0 aliphatic carbocycles. The predicted molar refractivity (Wildman–Crippen MR) is 108 cm³/mol. The third-order valence-electron chi connectivity index (χ3n) is 4.03. The maximum absolute atomic E-state index is 12.5. The summed E-state index contributed by atoms with van der Waals surface area (Å²) in [6.07, 6.45) is 0. The number of aryl methyl sites for hydroxylation is 2. The second kappa shape index (κ2) is 9.57. The summed E-state index contributed by atoms with van der Waals surface area (Å²) in [5, 5.41) is 8.62. The van der Waals surface area contributed by atoms with Gasteiger partial charge in [0.15, 0.2) is 6.61 Å². The van der Waals surface area contributed by atoms with Gasteiger partial charge in [-0.25, -0.2) is 4.79 Å². The maximum Gasteiger partial charge on any atom is 0.339 e. The third kappa shape index (κ3) is 5.24. The first-order valence-corrected chi connectivity index (χ1v) is 10.5. The number of thiophene rings is 1. The summed E-state index contributed by atoms with van der Waals surface area (Å²) in [5.74, 6) is 0.551. The number of carbonyl (C=O) groups is 2. The summed E-state index contributed by atoms with van der Waals surface area (Å²) >= 11 is 3.06. The molecule has 1 N–H and O–H groups in total. The van der Waals surface area contributed by atoms with E-state index in [1.165, 1.54) is 11.8 Å². The minimum absolute atomic E-state index is 0.312. The van der Waals surface area contributed by atoms with Crippen molar-refractivity contribution in [2.24, 2.45) is 0 Å². The highest BCUT2D eigenvalue weighted by Crippen LogP contribution is 2.29. The van der Waals surface area contributed by atoms with E-state index in [2.05, 4.69) is 10.5 Å². The monoisotopic (exact) mass is 416 g/mol. The number of carbonyl (C=O) groups excluding carboxylic acids is 2. The molecule has 0 spiro atoms. The number of amides is 1. The van der Waals surface area contributed by atoms with Crippen molar-refractivity contribution in [2.75, 3.05) is 6.61 Å². The van der Waals surface area contributed by atoms with E-state index in [0.717, 1.165) is 26.8 Å². The van der Waals surface area contributed by atoms with Crippen molar-refractivity contribution >= 4 is 35.0 Å². The molecule has 0 saturated carbocycles. The van der Waals surface area contributed by atoms with Crippen molar-refractivity contribution in [3.8, 4) is 0 Å². The van der Waals surface area contributed by atoms with E-state index in [1.54, 1.807) is 23.5 Å². The van der Waals surface area contributed by atoms with Gasteiger partial charge in [0.25, 0.3) is 5.91 Å². The maximum atomic E-state index is 12.5. The molecular weight excluding hydrogens is 396 g/mol. The first kappa shape index (κ1) is 20.2. The zero-order chi connectivity index (χ0) is 19.9. The molecule has 0 saturated heterocycles. The zero-order valence-electron chi connectivity index (χ0n) is 15.6. The summed E-state index contributed by atoms with van der Waals surface area (Å²) in [4.78, 5) is 26.2. The van der Waals surface area contributed by atoms with Crippen molar-refractivity contribution in [1.29, 1.82) is 0 Å². The average molecular weight is 417 g/mol. The van der Waals surface area contributed by atoms with Crippen LogP contribution in [0.3, 0.4) is 0 Å². The number of benzene rings is 1. The molecular formula is C20H20N2O4S2. The van der Waals surface area contributed by atoms with Gasteiger partial charge in [-0.2, -0.15) is 0 Å². The van der Waals surface area contributed by atoms with Crippen LogP contribution in [0.4, 0.5) is 0 Å². The molecule has 0 unspecified atom stereocenters. The van der Waals surface area contributed by atoms with Gasteiger partial charge in [0.1, 0.15) is 5.76 Å². The lowest BCUT2D eigenvalue weighted by Gasteiger charge is -2.09. The fourth-order valence-electron chi connectivity index (χ4n) is 2.48. The van der Waals surface area contributed by atoms with Crippen LogP contribution in [-0.4, -0.2) is 23.6 Å². The molecule has 3 aromatic rings. The largest absolute Gasteiger partial charge is 0.452 e. The molecule has 1 aromatic carbocycles. The topological polar surface area (TPSA) is 81.4 Å². The predicted octanol–water partition coefficient (Wildman–Crippen LogP) is 4.12. The second-order valence-electron chi connectivity index (χ2n) is 6.02. The molecule has 2 aromatic heterocycles. The molecule has 3 rings (SSSR count). The average Bonchev–Trinajstić information content (AvgIpc) is 3.33. The van der Waals surface area contributed by atoms with Crippen LogP contribution < -0.4 is 5.32 Å². The second-order valence-corrected chi connectivity index (χ2v) is 8.07. The quantitative estimate of drug-likeness (QED) is 0.439. The zero-order valence-corrected chi connectivity index (χ0v) is 17.2. The van der Waals surface area contributed by atoms with Gasteiger partial charge in [-0.1, -0.05) is 23.4 Å². The van der Waals surface area contributed by atoms with Gasteiger partial charge in [-0.05, 0) is 37.4 Å². The highest BCUT2D eigenvalue weighted by molar-refractivity contribution is 7.98. The van der Waals surface area contributed by atoms with Crippen molar-refractivity contribution < 1.29 is 18.8 Å². The first-order valence-electron chi connectivity index (χ1n) is 8.64. The Labute approximate surface area is 171 Å². The Morgan fingerprint density at radius 1 is 1.21 bits per heavy atom. The molecule has 0 aliphatic rings. The molecule has 0 bridgehead atoms. The van der Waals surface area contributed by atoms with Crippen LogP contribution in [0.25, 0.3) is 0 Å². The lowest BCUT2D eigenvalue weighted by atomic mass is 10.2. The Morgan fingerprint density at radius 3 is 2.75 bits per heavy atom. The number of thioether (sulfide) groups is 1. The van der Waals surface area contributed by atoms with Crippen molar-refractivity contribution in [3.05, 3.63) is 69.2 Å². The Morgan fingerprint density at radius 2 is 2.04 bits per heavy atom. The summed E-state index contributed by atoms with van der Waals surface area (Å²) in [6.45, 7) is 3.87. The Kier molecular flexibility index (Phi) is 6.89. The first-order chi connectivity index (χ1) is 13.5. The van der Waals surface area contributed by atoms with E-state index in [4.69, 9.17) is 9.26 Å². The van der Waals surface area contributed by atoms with Crippen LogP contribution in [0.1, 0.15) is 32.3 Å². The minimum Gasteiger partial charge on any atom is -0.452 e. The molecule has 0 aliphatic heterocycles. The van der Waals surface area contributed by atoms with Crippen LogP contribution >= 0.6 is 23.1 Å². The van der Waals surface area contributed by atoms with Gasteiger partial charge in [-0.15, -0.1) is 23.1 Å². The molecule has 0 fully saturated rings. The van der Waals surface area contributed by atoms with Gasteiger partial charge in [0.05, 0.1) is 17.8 Å². The Balaban J connectivity index is 1.55. The van der Waals surface area contributed by atoms with E-state index in [0.29, 0.717) is 17.9 Å². The third-order valence-corrected chi connectivity index (χ3v) is 6.01. The lowest BCUT2D eigenvalue weighted by Crippen LogP contribution is -2.28. The van der Waals surface area contributed by atoms with Crippen molar-refractivity contribution in [1.82, 2.24) is 10.5 Å². The molecule has 0 atom stereocenters. The van der Waals surface area contributed by atoms with E-state index in [-0.39, 0.29) is 12.5 Å². The normalized spacial score (nSPS) is 10.6. The summed E-state index contributed by atoms with van der Waals surface area (Å²) in [7, 11) is 0. The highest BCUT2D eigenvalue weighted by Gasteiger charge is 2.16. The molecule has 8 heteroatoms. The van der Waals surface area contributed by atoms with E-state index in [1.807, 2.05) is 43.5 Å². The Hall–Kier alpha value is -2.58. The summed E-state index contributed by atoms with van der Waals surface area (Å²) in [5.41, 5.74) is 2.29. The van der Waals surface area contributed by atoms with Crippen molar-refractivity contribution in [3.63, 3.8) is 0 Å². The number of nitrogens with zero attached hydrogens (tertiary/aromatic N) is 1. The van der Waals surface area contributed by atoms with Gasteiger partial charge in [-0.3, -0.25) is 4.79 Å². The fraction of sp³-hybridized carbons (Fsp3) is 0.250. The van der Waals surface area contributed by atoms with Crippen LogP contribution in [0.15, 0.2) is 51.2 Å². The van der Waals surface area contributed by atoms with E-state index >= 15 is 0 Å². The van der Waals surface area contributed by atoms with E-state index in [9.17, 15) is 9.59 Å². The van der Waals surface area contributed by atoms with E-state index < -0.39 is 5.97 Å². The van der Waals surface area contributed by atoms with Gasteiger partial charge in [0.2, 0.25) is 0 Å². The smallest absolute Gasteiger partial charge is 0.339 e. The number of ether oxygens (including phenoxy) is 1. The molecule has 146 valence electrons. The van der Waals surface area contributed by atoms with Crippen LogP contribution in [0.5, 0.6) is 0 Å². The van der Waals surface area contributed by atoms with Gasteiger partial charge < -0.3 is 14.6 Å². The molecule has 0 radical (unpaired) electrons. The molecule has 28 heavy (non-hydrogen) atoms. The number of nitrogens with one attached hydrogen (secondary N) is 1.